The summed E-state index contributed by atoms with van der Waals surface area (Å²) < 4.78 is 18.8. The van der Waals surface area contributed by atoms with Gasteiger partial charge in [-0.15, -0.1) is 0 Å². The predicted octanol–water partition coefficient (Wildman–Crippen LogP) is 2.06. The lowest BCUT2D eigenvalue weighted by Gasteiger charge is -2.35. The molecule has 6 heteroatoms. The molecule has 0 aliphatic heterocycles. The van der Waals surface area contributed by atoms with Gasteiger partial charge in [-0.2, -0.15) is 5.26 Å². The Labute approximate surface area is 123 Å². The summed E-state index contributed by atoms with van der Waals surface area (Å²) in [5, 5.41) is 14.1. The SMILES string of the molecule is CCOC1CC(NC(=O)NCc2ccc(C#N)c(F)c2)C1. The van der Waals surface area contributed by atoms with Crippen molar-refractivity contribution in [1.82, 2.24) is 10.6 Å². The smallest absolute Gasteiger partial charge is 0.315 e. The van der Waals surface area contributed by atoms with E-state index in [1.807, 2.05) is 6.92 Å². The van der Waals surface area contributed by atoms with Gasteiger partial charge in [-0.05, 0) is 37.5 Å². The molecule has 0 saturated heterocycles. The number of halogens is 1. The maximum Gasteiger partial charge on any atom is 0.315 e. The van der Waals surface area contributed by atoms with Crippen molar-refractivity contribution in [3.8, 4) is 6.07 Å². The third-order valence-electron chi connectivity index (χ3n) is 3.44. The van der Waals surface area contributed by atoms with Crippen LogP contribution >= 0.6 is 0 Å². The van der Waals surface area contributed by atoms with Crippen LogP contribution in [0.4, 0.5) is 9.18 Å². The number of amides is 2. The van der Waals surface area contributed by atoms with Gasteiger partial charge in [0, 0.05) is 19.2 Å². The quantitative estimate of drug-likeness (QED) is 0.872. The van der Waals surface area contributed by atoms with Gasteiger partial charge >= 0.3 is 6.03 Å². The zero-order valence-corrected chi connectivity index (χ0v) is 11.9. The van der Waals surface area contributed by atoms with Crippen LogP contribution in [0.1, 0.15) is 30.9 Å². The summed E-state index contributed by atoms with van der Waals surface area (Å²) in [7, 11) is 0. The second-order valence-corrected chi connectivity index (χ2v) is 5.00. The average molecular weight is 291 g/mol. The molecule has 0 bridgehead atoms. The van der Waals surface area contributed by atoms with Crippen molar-refractivity contribution in [1.29, 1.82) is 5.26 Å². The van der Waals surface area contributed by atoms with E-state index in [2.05, 4.69) is 10.6 Å². The third-order valence-corrected chi connectivity index (χ3v) is 3.44. The van der Waals surface area contributed by atoms with Gasteiger partial charge in [-0.1, -0.05) is 6.07 Å². The van der Waals surface area contributed by atoms with Gasteiger partial charge < -0.3 is 15.4 Å². The van der Waals surface area contributed by atoms with E-state index in [4.69, 9.17) is 10.00 Å². The van der Waals surface area contributed by atoms with Crippen molar-refractivity contribution < 1.29 is 13.9 Å². The highest BCUT2D eigenvalue weighted by molar-refractivity contribution is 5.74. The minimum absolute atomic E-state index is 0.000337. The molecule has 2 rings (SSSR count). The number of ether oxygens (including phenoxy) is 1. The standard InChI is InChI=1S/C15H18FN3O2/c1-2-21-13-6-12(7-13)19-15(20)18-9-10-3-4-11(8-17)14(16)5-10/h3-5,12-13H,2,6-7,9H2,1H3,(H2,18,19,20). The fraction of sp³-hybridized carbons (Fsp3) is 0.467. The molecule has 1 aliphatic rings. The van der Waals surface area contributed by atoms with Crippen molar-refractivity contribution >= 4 is 6.03 Å². The molecule has 2 amide bonds. The number of hydrogen-bond donors (Lipinski definition) is 2. The van der Waals surface area contributed by atoms with Gasteiger partial charge in [0.25, 0.3) is 0 Å². The summed E-state index contributed by atoms with van der Waals surface area (Å²) >= 11 is 0. The molecule has 2 N–H and O–H groups in total. The Morgan fingerprint density at radius 1 is 1.52 bits per heavy atom. The second-order valence-electron chi connectivity index (χ2n) is 5.00. The molecule has 0 unspecified atom stereocenters. The van der Waals surface area contributed by atoms with Crippen LogP contribution < -0.4 is 10.6 Å². The van der Waals surface area contributed by atoms with Crippen LogP contribution in [0, 0.1) is 17.1 Å². The number of benzene rings is 1. The van der Waals surface area contributed by atoms with Crippen LogP contribution in [0.15, 0.2) is 18.2 Å². The van der Waals surface area contributed by atoms with Crippen LogP contribution in [0.2, 0.25) is 0 Å². The highest BCUT2D eigenvalue weighted by Gasteiger charge is 2.30. The molecular weight excluding hydrogens is 273 g/mol. The van der Waals surface area contributed by atoms with Gasteiger partial charge in [-0.3, -0.25) is 0 Å². The number of nitrogens with zero attached hydrogens (tertiary/aromatic N) is 1. The molecule has 5 nitrogen and oxygen atoms in total. The lowest BCUT2D eigenvalue weighted by atomic mass is 9.89. The maximum atomic E-state index is 13.4. The van der Waals surface area contributed by atoms with Crippen LogP contribution in [0.25, 0.3) is 0 Å². The van der Waals surface area contributed by atoms with E-state index >= 15 is 0 Å². The van der Waals surface area contributed by atoms with Crippen molar-refractivity contribution in [2.45, 2.75) is 38.5 Å². The van der Waals surface area contributed by atoms with Crippen LogP contribution in [-0.4, -0.2) is 24.8 Å². The number of rotatable bonds is 5. The Balaban J connectivity index is 1.72. The molecule has 1 aromatic rings. The molecule has 0 spiro atoms. The summed E-state index contributed by atoms with van der Waals surface area (Å²) in [6.07, 6.45) is 1.90. The Morgan fingerprint density at radius 2 is 2.29 bits per heavy atom. The van der Waals surface area contributed by atoms with Crippen molar-refractivity contribution in [2.24, 2.45) is 0 Å². The predicted molar refractivity (Wildman–Crippen MR) is 74.9 cm³/mol. The topological polar surface area (TPSA) is 74.2 Å². The van der Waals surface area contributed by atoms with E-state index in [9.17, 15) is 9.18 Å². The van der Waals surface area contributed by atoms with Crippen molar-refractivity contribution in [2.75, 3.05) is 6.61 Å². The Bertz CT molecular complexity index is 550. The number of hydrogen-bond acceptors (Lipinski definition) is 3. The van der Waals surface area contributed by atoms with Gasteiger partial charge in [0.15, 0.2) is 0 Å². The van der Waals surface area contributed by atoms with Crippen molar-refractivity contribution in [3.63, 3.8) is 0 Å². The van der Waals surface area contributed by atoms with E-state index in [-0.39, 0.29) is 30.3 Å². The van der Waals surface area contributed by atoms with Crippen molar-refractivity contribution in [3.05, 3.63) is 35.1 Å². The highest BCUT2D eigenvalue weighted by Crippen LogP contribution is 2.22. The van der Waals surface area contributed by atoms with Gasteiger partial charge in [0.05, 0.1) is 11.7 Å². The Morgan fingerprint density at radius 3 is 2.90 bits per heavy atom. The molecule has 1 aromatic carbocycles. The molecule has 1 aliphatic carbocycles. The van der Waals surface area contributed by atoms with Crippen LogP contribution in [0.5, 0.6) is 0 Å². The first-order valence-electron chi connectivity index (χ1n) is 6.97. The fourth-order valence-corrected chi connectivity index (χ4v) is 2.23. The van der Waals surface area contributed by atoms with E-state index in [1.54, 1.807) is 12.1 Å². The monoisotopic (exact) mass is 291 g/mol. The summed E-state index contributed by atoms with van der Waals surface area (Å²) in [6.45, 7) is 2.86. The van der Waals surface area contributed by atoms with Crippen LogP contribution in [0.3, 0.4) is 0 Å². The average Bonchev–Trinajstić information content (AvgIpc) is 2.43. The first-order chi connectivity index (χ1) is 10.1. The normalized spacial score (nSPS) is 20.2. The summed E-state index contributed by atoms with van der Waals surface area (Å²) in [5.41, 5.74) is 0.613. The largest absolute Gasteiger partial charge is 0.378 e. The van der Waals surface area contributed by atoms with E-state index < -0.39 is 5.82 Å². The summed E-state index contributed by atoms with van der Waals surface area (Å²) in [5.74, 6) is -0.573. The lowest BCUT2D eigenvalue weighted by Crippen LogP contribution is -2.50. The number of nitriles is 1. The Kier molecular flexibility index (Phi) is 5.12. The molecule has 0 aromatic heterocycles. The van der Waals surface area contributed by atoms with Gasteiger partial charge in [0.2, 0.25) is 0 Å². The third kappa shape index (κ3) is 4.17. The molecular formula is C15H18FN3O2. The number of carbonyl (C=O) groups excluding carboxylic acids is 1. The molecule has 0 atom stereocenters. The minimum Gasteiger partial charge on any atom is -0.378 e. The lowest BCUT2D eigenvalue weighted by molar-refractivity contribution is -0.00709. The zero-order chi connectivity index (χ0) is 15.2. The molecule has 1 fully saturated rings. The number of urea groups is 1. The molecule has 1 saturated carbocycles. The fourth-order valence-electron chi connectivity index (χ4n) is 2.23. The molecule has 21 heavy (non-hydrogen) atoms. The number of carbonyl (C=O) groups is 1. The number of nitrogens with one attached hydrogen (secondary N) is 2. The second kappa shape index (κ2) is 7.04. The zero-order valence-electron chi connectivity index (χ0n) is 11.9. The minimum atomic E-state index is -0.573. The Hall–Kier alpha value is -2.13. The van der Waals surface area contributed by atoms with Crippen LogP contribution in [-0.2, 0) is 11.3 Å². The summed E-state index contributed by atoms with van der Waals surface area (Å²) in [6, 6.07) is 5.90. The highest BCUT2D eigenvalue weighted by atomic mass is 19.1. The van der Waals surface area contributed by atoms with Gasteiger partial charge in [0.1, 0.15) is 11.9 Å². The molecule has 112 valence electrons. The maximum absolute atomic E-state index is 13.4. The van der Waals surface area contributed by atoms with E-state index in [1.165, 1.54) is 12.1 Å². The first kappa shape index (κ1) is 15.3. The van der Waals surface area contributed by atoms with E-state index in [0.29, 0.717) is 12.2 Å². The van der Waals surface area contributed by atoms with Gasteiger partial charge in [-0.25, -0.2) is 9.18 Å². The first-order valence-corrected chi connectivity index (χ1v) is 6.97. The molecule has 0 radical (unpaired) electrons. The summed E-state index contributed by atoms with van der Waals surface area (Å²) in [4.78, 5) is 11.7. The molecule has 0 heterocycles. The van der Waals surface area contributed by atoms with E-state index in [0.717, 1.165) is 12.8 Å².